The summed E-state index contributed by atoms with van der Waals surface area (Å²) in [7, 11) is 0. The van der Waals surface area contributed by atoms with Crippen LogP contribution in [0.15, 0.2) is 66.7 Å². The lowest BCUT2D eigenvalue weighted by Crippen LogP contribution is -2.26. The van der Waals surface area contributed by atoms with Gasteiger partial charge in [-0.05, 0) is 29.8 Å². The summed E-state index contributed by atoms with van der Waals surface area (Å²) in [5.74, 6) is 1.20. The van der Waals surface area contributed by atoms with Gasteiger partial charge in [0.05, 0.1) is 0 Å². The van der Waals surface area contributed by atoms with Gasteiger partial charge in [-0.2, -0.15) is 0 Å². The van der Waals surface area contributed by atoms with E-state index in [2.05, 4.69) is 0 Å². The van der Waals surface area contributed by atoms with Crippen LogP contribution in [0.1, 0.15) is 12.0 Å². The predicted molar refractivity (Wildman–Crippen MR) is 86.3 cm³/mol. The van der Waals surface area contributed by atoms with Crippen molar-refractivity contribution >= 4 is 5.97 Å². The Morgan fingerprint density at radius 3 is 2.35 bits per heavy atom. The lowest BCUT2D eigenvalue weighted by molar-refractivity contribution is -0.145. The van der Waals surface area contributed by atoms with E-state index in [4.69, 9.17) is 14.2 Å². The molecule has 0 N–H and O–H groups in total. The van der Waals surface area contributed by atoms with Crippen LogP contribution in [0.5, 0.6) is 11.5 Å². The quantitative estimate of drug-likeness (QED) is 0.766. The molecule has 4 heteroatoms. The first-order chi connectivity index (χ1) is 11.3. The zero-order valence-corrected chi connectivity index (χ0v) is 12.7. The maximum Gasteiger partial charge on any atom is 0.330 e. The van der Waals surface area contributed by atoms with Gasteiger partial charge in [0, 0.05) is 12.5 Å². The highest BCUT2D eigenvalue weighted by Gasteiger charge is 2.16. The summed E-state index contributed by atoms with van der Waals surface area (Å²) < 4.78 is 16.5. The Labute approximate surface area is 135 Å². The lowest BCUT2D eigenvalue weighted by Gasteiger charge is -2.19. The third-order valence-electron chi connectivity index (χ3n) is 3.44. The van der Waals surface area contributed by atoms with Crippen LogP contribution in [0.4, 0.5) is 0 Å². The summed E-state index contributed by atoms with van der Waals surface area (Å²) in [6.07, 6.45) is 3.71. The summed E-state index contributed by atoms with van der Waals surface area (Å²) in [6, 6.07) is 17.4. The van der Waals surface area contributed by atoms with Gasteiger partial charge >= 0.3 is 5.97 Å². The molecule has 1 heterocycles. The largest absolute Gasteiger partial charge is 0.490 e. The van der Waals surface area contributed by atoms with Crippen LogP contribution in [-0.4, -0.2) is 18.7 Å². The Morgan fingerprint density at radius 1 is 0.957 bits per heavy atom. The first-order valence-corrected chi connectivity index (χ1v) is 7.56. The van der Waals surface area contributed by atoms with Crippen molar-refractivity contribution in [2.45, 2.75) is 19.1 Å². The Morgan fingerprint density at radius 2 is 1.65 bits per heavy atom. The van der Waals surface area contributed by atoms with E-state index in [0.29, 0.717) is 19.6 Å². The van der Waals surface area contributed by atoms with Gasteiger partial charge in [0.15, 0.2) is 0 Å². The number of hydrogen-bond donors (Lipinski definition) is 0. The highest BCUT2D eigenvalue weighted by Crippen LogP contribution is 2.19. The zero-order chi connectivity index (χ0) is 15.9. The molecule has 118 valence electrons. The summed E-state index contributed by atoms with van der Waals surface area (Å²) >= 11 is 0. The third kappa shape index (κ3) is 4.61. The topological polar surface area (TPSA) is 44.8 Å². The van der Waals surface area contributed by atoms with Crippen molar-refractivity contribution in [2.24, 2.45) is 0 Å². The molecular formula is C19H18O4. The molecular weight excluding hydrogens is 292 g/mol. The fourth-order valence-electron chi connectivity index (χ4n) is 2.23. The standard InChI is InChI=1S/C19H18O4/c20-19-8-4-7-18(23-19)14-22-17-11-9-16(10-12-17)21-13-15-5-2-1-3-6-15/h1-6,8-12,18H,7,13-14H2/t18-/m1/s1. The van der Waals surface area contributed by atoms with Crippen LogP contribution >= 0.6 is 0 Å². The molecule has 1 atom stereocenters. The molecule has 1 aliphatic rings. The molecule has 0 spiro atoms. The van der Waals surface area contributed by atoms with Crippen molar-refractivity contribution in [1.82, 2.24) is 0 Å². The number of cyclic esters (lactones) is 1. The van der Waals surface area contributed by atoms with Gasteiger partial charge in [-0.1, -0.05) is 36.4 Å². The van der Waals surface area contributed by atoms with Gasteiger partial charge in [0.2, 0.25) is 0 Å². The fraction of sp³-hybridized carbons (Fsp3) is 0.211. The normalized spacial score (nSPS) is 16.7. The van der Waals surface area contributed by atoms with Crippen LogP contribution in [0, 0.1) is 0 Å². The molecule has 0 aliphatic carbocycles. The van der Waals surface area contributed by atoms with Crippen molar-refractivity contribution in [3.63, 3.8) is 0 Å². The molecule has 0 saturated carbocycles. The van der Waals surface area contributed by atoms with E-state index >= 15 is 0 Å². The minimum absolute atomic E-state index is 0.221. The van der Waals surface area contributed by atoms with E-state index < -0.39 is 0 Å². The zero-order valence-electron chi connectivity index (χ0n) is 12.7. The molecule has 0 bridgehead atoms. The maximum absolute atomic E-state index is 11.1. The summed E-state index contributed by atoms with van der Waals surface area (Å²) in [6.45, 7) is 0.881. The minimum atomic E-state index is -0.311. The molecule has 0 radical (unpaired) electrons. The minimum Gasteiger partial charge on any atom is -0.490 e. The van der Waals surface area contributed by atoms with Crippen molar-refractivity contribution in [1.29, 1.82) is 0 Å². The Bertz CT molecular complexity index is 662. The van der Waals surface area contributed by atoms with E-state index in [9.17, 15) is 4.79 Å². The van der Waals surface area contributed by atoms with E-state index in [1.807, 2.05) is 54.6 Å². The number of carbonyl (C=O) groups is 1. The van der Waals surface area contributed by atoms with E-state index in [1.54, 1.807) is 6.08 Å². The number of benzene rings is 2. The van der Waals surface area contributed by atoms with Crippen molar-refractivity contribution in [2.75, 3.05) is 6.61 Å². The Balaban J connectivity index is 1.47. The second-order valence-electron chi connectivity index (χ2n) is 5.25. The SMILES string of the molecule is O=C1C=CC[C@H](COc2ccc(OCc3ccccc3)cc2)O1. The number of rotatable bonds is 6. The van der Waals surface area contributed by atoms with Gasteiger partial charge in [-0.25, -0.2) is 4.79 Å². The average Bonchev–Trinajstić information content (AvgIpc) is 2.60. The number of ether oxygens (including phenoxy) is 3. The average molecular weight is 310 g/mol. The number of esters is 1. The van der Waals surface area contributed by atoms with Crippen LogP contribution in [0.2, 0.25) is 0 Å². The van der Waals surface area contributed by atoms with Gasteiger partial charge in [0.25, 0.3) is 0 Å². The molecule has 0 unspecified atom stereocenters. The van der Waals surface area contributed by atoms with Gasteiger partial charge in [-0.15, -0.1) is 0 Å². The monoisotopic (exact) mass is 310 g/mol. The van der Waals surface area contributed by atoms with Crippen molar-refractivity contribution < 1.29 is 19.0 Å². The van der Waals surface area contributed by atoms with E-state index in [-0.39, 0.29) is 12.1 Å². The molecule has 0 aromatic heterocycles. The van der Waals surface area contributed by atoms with Gasteiger partial charge < -0.3 is 14.2 Å². The first-order valence-electron chi connectivity index (χ1n) is 7.56. The molecule has 0 saturated heterocycles. The van der Waals surface area contributed by atoms with E-state index in [1.165, 1.54) is 6.08 Å². The third-order valence-corrected chi connectivity index (χ3v) is 3.44. The molecule has 4 nitrogen and oxygen atoms in total. The highest BCUT2D eigenvalue weighted by atomic mass is 16.6. The summed E-state index contributed by atoms with van der Waals surface area (Å²) in [5, 5.41) is 0. The van der Waals surface area contributed by atoms with Crippen LogP contribution in [0.3, 0.4) is 0 Å². The first kappa shape index (κ1) is 15.2. The Hall–Kier alpha value is -2.75. The highest BCUT2D eigenvalue weighted by molar-refractivity contribution is 5.82. The molecule has 3 rings (SSSR count). The number of hydrogen-bond acceptors (Lipinski definition) is 4. The Kier molecular flexibility index (Phi) is 4.94. The van der Waals surface area contributed by atoms with Crippen LogP contribution in [-0.2, 0) is 16.1 Å². The van der Waals surface area contributed by atoms with Gasteiger partial charge in [-0.3, -0.25) is 0 Å². The van der Waals surface area contributed by atoms with Gasteiger partial charge in [0.1, 0.15) is 30.8 Å². The summed E-state index contributed by atoms with van der Waals surface area (Å²) in [5.41, 5.74) is 1.12. The van der Waals surface area contributed by atoms with Crippen molar-refractivity contribution in [3.8, 4) is 11.5 Å². The predicted octanol–water partition coefficient (Wildman–Crippen LogP) is 3.52. The molecule has 0 amide bonds. The molecule has 23 heavy (non-hydrogen) atoms. The molecule has 2 aromatic carbocycles. The molecule has 2 aromatic rings. The van der Waals surface area contributed by atoms with Crippen molar-refractivity contribution in [3.05, 3.63) is 72.3 Å². The fourth-order valence-corrected chi connectivity index (χ4v) is 2.23. The lowest BCUT2D eigenvalue weighted by atomic mass is 10.2. The van der Waals surface area contributed by atoms with Crippen LogP contribution in [0.25, 0.3) is 0 Å². The second-order valence-corrected chi connectivity index (χ2v) is 5.25. The van der Waals surface area contributed by atoms with Crippen LogP contribution < -0.4 is 9.47 Å². The second kappa shape index (κ2) is 7.49. The number of carbonyl (C=O) groups excluding carboxylic acids is 1. The smallest absolute Gasteiger partial charge is 0.330 e. The molecule has 0 fully saturated rings. The van der Waals surface area contributed by atoms with E-state index in [0.717, 1.165) is 17.1 Å². The maximum atomic E-state index is 11.1. The summed E-state index contributed by atoms with van der Waals surface area (Å²) in [4.78, 5) is 11.1. The molecule has 1 aliphatic heterocycles.